The number of aryl methyl sites for hydroxylation is 1. The number of nitrogens with zero attached hydrogens (tertiary/aromatic N) is 1. The fourth-order valence-electron chi connectivity index (χ4n) is 0.932. The van der Waals surface area contributed by atoms with Gasteiger partial charge < -0.3 is 0 Å². The van der Waals surface area contributed by atoms with Crippen LogP contribution in [0.1, 0.15) is 19.0 Å². The van der Waals surface area contributed by atoms with Crippen LogP contribution in [0.2, 0.25) is 0 Å². The molecule has 1 aromatic heterocycles. The fourth-order valence-corrected chi connectivity index (χ4v) is 9.06. The zero-order chi connectivity index (χ0) is 9.68. The molecule has 3 nitrogen and oxygen atoms in total. The molecule has 1 N–H and O–H groups in total. The Morgan fingerprint density at radius 2 is 2.54 bits per heavy atom. The molecule has 0 unspecified atom stereocenters. The molecule has 6 heteroatoms. The molecule has 1 rings (SSSR count). The van der Waals surface area contributed by atoms with Gasteiger partial charge in [0.2, 0.25) is 0 Å². The molecule has 0 amide bonds. The van der Waals surface area contributed by atoms with Crippen molar-refractivity contribution in [1.82, 2.24) is 9.97 Å². The molecule has 0 spiro atoms. The normalized spacial score (nSPS) is 10.6. The topological polar surface area (TPSA) is 45.8 Å². The molecule has 0 radical (unpaired) electrons. The standard InChI is InChI=1S/C7H9I2N2OSe/c1-2-3-5-4-6(12)11-7(10-5)13-9-8/h4H,2-3H2,1H3,(H,10,11,12)/q-1. The average Bonchev–Trinajstić information content (AvgIpc) is 2.04. The third-order valence-corrected chi connectivity index (χ3v) is 11.1. The van der Waals surface area contributed by atoms with Gasteiger partial charge in [0.15, 0.2) is 0 Å². The predicted molar refractivity (Wildman–Crippen MR) is 58.3 cm³/mol. The van der Waals surface area contributed by atoms with Gasteiger partial charge in [0, 0.05) is 0 Å². The molecule has 0 aliphatic rings. The number of rotatable bonds is 4. The van der Waals surface area contributed by atoms with Crippen molar-refractivity contribution in [3.05, 3.63) is 22.1 Å². The second kappa shape index (κ2) is 6.36. The van der Waals surface area contributed by atoms with E-state index in [0.29, 0.717) is 11.7 Å². The van der Waals surface area contributed by atoms with E-state index < -0.39 is 0 Å². The van der Waals surface area contributed by atoms with Crippen molar-refractivity contribution in [2.45, 2.75) is 19.8 Å². The van der Waals surface area contributed by atoms with Crippen molar-refractivity contribution >= 4 is 35.0 Å². The SMILES string of the molecule is CCCc1cc(=O)[nH]c([Se][I-]I)n1. The number of hydrogen-bond acceptors (Lipinski definition) is 2. The Kier molecular flexibility index (Phi) is 5.84. The zero-order valence-electron chi connectivity index (χ0n) is 7.01. The summed E-state index contributed by atoms with van der Waals surface area (Å²) in [5, 5.41) is 0. The second-order valence-electron chi connectivity index (χ2n) is 2.43. The van der Waals surface area contributed by atoms with E-state index in [4.69, 9.17) is 0 Å². The zero-order valence-corrected chi connectivity index (χ0v) is 13.0. The Balaban J connectivity index is 2.90. The van der Waals surface area contributed by atoms with E-state index in [1.54, 1.807) is 6.07 Å². The molecule has 0 aliphatic heterocycles. The maximum atomic E-state index is 11.2. The second-order valence-corrected chi connectivity index (χ2v) is 19.4. The Bertz CT molecular complexity index is 301. The molecule has 0 fully saturated rings. The Hall–Kier alpha value is 0.859. The number of hydrogen-bond donors (Lipinski definition) is 1. The summed E-state index contributed by atoms with van der Waals surface area (Å²) < 4.78 is 0.922. The van der Waals surface area contributed by atoms with Crippen molar-refractivity contribution in [2.75, 3.05) is 0 Å². The Morgan fingerprint density at radius 1 is 1.77 bits per heavy atom. The molecular weight excluding hydrogens is 461 g/mol. The summed E-state index contributed by atoms with van der Waals surface area (Å²) in [5.41, 5.74) is 0.946. The van der Waals surface area contributed by atoms with Gasteiger partial charge in [-0.3, -0.25) is 0 Å². The van der Waals surface area contributed by atoms with Crippen LogP contribution in [0.5, 0.6) is 0 Å². The molecule has 13 heavy (non-hydrogen) atoms. The van der Waals surface area contributed by atoms with Gasteiger partial charge in [-0.1, -0.05) is 0 Å². The van der Waals surface area contributed by atoms with Gasteiger partial charge in [0.05, 0.1) is 0 Å². The molecule has 1 aromatic rings. The van der Waals surface area contributed by atoms with Crippen LogP contribution < -0.4 is 25.3 Å². The molecule has 0 aliphatic carbocycles. The van der Waals surface area contributed by atoms with E-state index in [0.717, 1.165) is 23.3 Å². The summed E-state index contributed by atoms with van der Waals surface area (Å²) in [6.45, 7) is 2.10. The van der Waals surface area contributed by atoms with E-state index >= 15 is 0 Å². The summed E-state index contributed by atoms with van der Waals surface area (Å²) in [5.74, 6) is 0. The van der Waals surface area contributed by atoms with Gasteiger partial charge in [-0.25, -0.2) is 0 Å². The summed E-state index contributed by atoms with van der Waals surface area (Å²) in [4.78, 5) is 18.4. The van der Waals surface area contributed by atoms with Crippen molar-refractivity contribution in [1.29, 1.82) is 0 Å². The van der Waals surface area contributed by atoms with Crippen molar-refractivity contribution < 1.29 is 15.0 Å². The van der Waals surface area contributed by atoms with Gasteiger partial charge in [0.25, 0.3) is 0 Å². The third-order valence-electron chi connectivity index (χ3n) is 1.38. The number of nitrogens with one attached hydrogen (secondary N) is 1. The van der Waals surface area contributed by atoms with Crippen LogP contribution >= 0.6 is 18.6 Å². The third kappa shape index (κ3) is 4.26. The monoisotopic (exact) mass is 471 g/mol. The molecule has 0 saturated carbocycles. The van der Waals surface area contributed by atoms with Crippen molar-refractivity contribution in [2.24, 2.45) is 0 Å². The fraction of sp³-hybridized carbons (Fsp3) is 0.429. The number of H-pyrrole nitrogens is 1. The molecule has 0 atom stereocenters. The van der Waals surface area contributed by atoms with Gasteiger partial charge in [-0.2, -0.15) is 0 Å². The first kappa shape index (κ1) is 11.9. The van der Waals surface area contributed by atoms with Gasteiger partial charge in [-0.05, 0) is 0 Å². The molecule has 0 bridgehead atoms. The molecule has 0 saturated heterocycles. The van der Waals surface area contributed by atoms with Crippen LogP contribution in [0.15, 0.2) is 10.9 Å². The van der Waals surface area contributed by atoms with Crippen LogP contribution in [-0.2, 0) is 6.42 Å². The van der Waals surface area contributed by atoms with Crippen LogP contribution in [-0.4, -0.2) is 21.7 Å². The van der Waals surface area contributed by atoms with Crippen LogP contribution in [0.4, 0.5) is 0 Å². The van der Waals surface area contributed by atoms with Gasteiger partial charge in [0.1, 0.15) is 0 Å². The Morgan fingerprint density at radius 3 is 3.15 bits per heavy atom. The van der Waals surface area contributed by atoms with Crippen LogP contribution in [0.25, 0.3) is 0 Å². The summed E-state index contributed by atoms with van der Waals surface area (Å²) in [6, 6.07) is 1.61. The number of halogens is 2. The average molecular weight is 470 g/mol. The summed E-state index contributed by atoms with van der Waals surface area (Å²) in [6.07, 6.45) is 1.95. The predicted octanol–water partition coefficient (Wildman–Crippen LogP) is -2.59. The van der Waals surface area contributed by atoms with Crippen LogP contribution in [0.3, 0.4) is 0 Å². The Labute approximate surface area is 101 Å². The first-order chi connectivity index (χ1) is 6.26. The van der Waals surface area contributed by atoms with Crippen LogP contribution in [0, 0.1) is 0 Å². The molecule has 0 aromatic carbocycles. The minimum absolute atomic E-state index is 0.00387. The van der Waals surface area contributed by atoms with Crippen molar-refractivity contribution in [3.63, 3.8) is 0 Å². The first-order valence-corrected chi connectivity index (χ1v) is 16.2. The summed E-state index contributed by atoms with van der Waals surface area (Å²) in [7, 11) is 0. The van der Waals surface area contributed by atoms with E-state index in [-0.39, 0.29) is 20.5 Å². The van der Waals surface area contributed by atoms with E-state index in [2.05, 4.69) is 35.5 Å². The quantitative estimate of drug-likeness (QED) is 0.388. The number of aromatic nitrogens is 2. The number of aromatic amines is 1. The van der Waals surface area contributed by atoms with Gasteiger partial charge in [-0.15, -0.1) is 0 Å². The van der Waals surface area contributed by atoms with E-state index in [1.807, 2.05) is 0 Å². The van der Waals surface area contributed by atoms with E-state index in [1.165, 1.54) is 0 Å². The van der Waals surface area contributed by atoms with Crippen molar-refractivity contribution in [3.8, 4) is 0 Å². The molecule has 74 valence electrons. The first-order valence-electron chi connectivity index (χ1n) is 3.79. The minimum atomic E-state index is 0.00387. The molecule has 1 heterocycles. The van der Waals surface area contributed by atoms with E-state index in [9.17, 15) is 4.79 Å². The van der Waals surface area contributed by atoms with Gasteiger partial charge >= 0.3 is 102 Å². The maximum absolute atomic E-state index is 11.2. The molecular formula is C7H9I2N2OSe-. The summed E-state index contributed by atoms with van der Waals surface area (Å²) >= 11 is 3.02.